The molecular formula is C48H58N4O17. The third kappa shape index (κ3) is 9.08. The smallest absolute Gasteiger partial charge is 0.456 e. The van der Waals surface area contributed by atoms with Crippen LogP contribution in [0.25, 0.3) is 0 Å². The second kappa shape index (κ2) is 18.6. The third-order valence-electron chi connectivity index (χ3n) is 14.2. The van der Waals surface area contributed by atoms with Crippen molar-refractivity contribution in [3.8, 4) is 0 Å². The van der Waals surface area contributed by atoms with Gasteiger partial charge in [-0.05, 0) is 68.4 Å². The van der Waals surface area contributed by atoms with Crippen molar-refractivity contribution in [2.75, 3.05) is 13.2 Å². The number of hydrogen-bond donors (Lipinski definition) is 5. The summed E-state index contributed by atoms with van der Waals surface area (Å²) in [6.07, 6.45) is -12.7. The van der Waals surface area contributed by atoms with E-state index in [-0.39, 0.29) is 41.3 Å². The molecule has 2 heterocycles. The zero-order chi connectivity index (χ0) is 50.6. The van der Waals surface area contributed by atoms with Gasteiger partial charge in [0.2, 0.25) is 0 Å². The van der Waals surface area contributed by atoms with E-state index >= 15 is 4.79 Å². The highest BCUT2D eigenvalue weighted by atomic mass is 16.7. The number of amides is 1. The molecule has 21 heteroatoms. The molecule has 2 saturated carbocycles. The minimum atomic E-state index is -2.47. The fourth-order valence-corrected chi connectivity index (χ4v) is 10.6. The molecule has 69 heavy (non-hydrogen) atoms. The number of ether oxygens (including phenoxy) is 6. The Kier molecular flexibility index (Phi) is 13.6. The fraction of sp³-hybridized carbons (Fsp3) is 0.542. The number of nitrogens with one attached hydrogen (secondary N) is 1. The van der Waals surface area contributed by atoms with Crippen LogP contribution in [0.15, 0.2) is 78.0 Å². The molecule has 11 atom stereocenters. The number of benzene rings is 2. The van der Waals surface area contributed by atoms with E-state index in [0.29, 0.717) is 5.56 Å². The van der Waals surface area contributed by atoms with Gasteiger partial charge in [0.15, 0.2) is 17.7 Å². The first-order valence-electron chi connectivity index (χ1n) is 22.4. The molecule has 5 N–H and O–H groups in total. The van der Waals surface area contributed by atoms with Gasteiger partial charge < -0.3 is 64.3 Å². The van der Waals surface area contributed by atoms with Crippen LogP contribution in [0.3, 0.4) is 0 Å². The summed E-state index contributed by atoms with van der Waals surface area (Å²) >= 11 is 0. The summed E-state index contributed by atoms with van der Waals surface area (Å²) in [6, 6.07) is 14.3. The van der Waals surface area contributed by atoms with E-state index in [1.807, 2.05) is 0 Å². The topological polar surface area (TPSA) is 295 Å². The van der Waals surface area contributed by atoms with Crippen LogP contribution in [0.1, 0.15) is 89.1 Å². The molecule has 0 radical (unpaired) electrons. The number of carbonyl (C=O) groups is 5. The number of esters is 2. The average molecular weight is 963 g/mol. The van der Waals surface area contributed by atoms with Gasteiger partial charge in [-0.2, -0.15) is 0 Å². The molecule has 10 unspecified atom stereocenters. The molecule has 1 amide bonds. The maximum absolute atomic E-state index is 15.4. The largest absolute Gasteiger partial charge is 0.508 e. The van der Waals surface area contributed by atoms with Crippen molar-refractivity contribution in [2.24, 2.45) is 16.7 Å². The highest BCUT2D eigenvalue weighted by Gasteiger charge is 2.77. The Morgan fingerprint density at radius 3 is 2.23 bits per heavy atom. The first-order valence-corrected chi connectivity index (χ1v) is 22.4. The van der Waals surface area contributed by atoms with Gasteiger partial charge in [-0.3, -0.25) is 4.79 Å². The number of ketones is 1. The number of aromatic nitrogens is 2. The summed E-state index contributed by atoms with van der Waals surface area (Å²) in [5.74, 6) is -5.13. The monoisotopic (exact) mass is 962 g/mol. The molecule has 1 aromatic heterocycles. The van der Waals surface area contributed by atoms with E-state index in [1.165, 1.54) is 51.3 Å². The van der Waals surface area contributed by atoms with Crippen LogP contribution in [-0.2, 0) is 44.6 Å². The molecule has 3 fully saturated rings. The predicted molar refractivity (Wildman–Crippen MR) is 238 cm³/mol. The molecule has 0 spiro atoms. The first kappa shape index (κ1) is 50.6. The average Bonchev–Trinajstić information content (AvgIpc) is 3.66. The number of imidazole rings is 1. The second-order valence-corrected chi connectivity index (χ2v) is 19.8. The lowest BCUT2D eigenvalue weighted by molar-refractivity contribution is -0.392. The van der Waals surface area contributed by atoms with Crippen LogP contribution in [0, 0.1) is 33.8 Å². The highest BCUT2D eigenvalue weighted by molar-refractivity contribution is 5.94. The number of aliphatic hydroxyl groups excluding tert-OH is 2. The van der Waals surface area contributed by atoms with Crippen molar-refractivity contribution in [3.63, 3.8) is 0 Å². The number of Topliss-reactive ketones (excluding diaryl/α,β-unsaturated/α-hetero) is 1. The fourth-order valence-electron chi connectivity index (χ4n) is 10.6. The normalized spacial score (nSPS) is 30.1. The van der Waals surface area contributed by atoms with Crippen molar-refractivity contribution < 1.29 is 77.7 Å². The van der Waals surface area contributed by atoms with Crippen molar-refractivity contribution in [1.82, 2.24) is 14.9 Å². The van der Waals surface area contributed by atoms with Gasteiger partial charge in [-0.25, -0.2) is 28.7 Å². The number of fused-ring (bicyclic) bond motifs is 5. The maximum atomic E-state index is 15.4. The van der Waals surface area contributed by atoms with Crippen molar-refractivity contribution >= 4 is 35.8 Å². The number of nitrogens with zero attached hydrogens (tertiary/aromatic N) is 3. The highest BCUT2D eigenvalue weighted by Crippen LogP contribution is 2.63. The summed E-state index contributed by atoms with van der Waals surface area (Å²) in [7, 11) is 0. The SMILES string of the molecule is CC1=C2C(O)C(=O)[C@]3(C)C(OC(=O)OCCn4c([N+](=O)[O-])cnc4C)CC4OCC4(O)C3C(OC(=O)c3ccccc3)C(O)(CC1OC(=O)C(O)C(NC(=O)OC(C)(C)C)c1ccccc1)C2(C)C. The standard InChI is InChI=1S/C48H58N4O17/c1-25-29(66-41(57)36(54)34(27-15-11-9-12-16-27)50-42(58)69-44(3,4)5)22-48(61)39(68-40(56)28-17-13-10-14-18-28)37-46(8,38(55)35(53)33(25)45(48,6)7)30(21-31-47(37,60)24-65-31)67-43(59)64-20-19-51-26(2)49-23-32(51)52(62)63/h9-18,23,29-31,34-37,39,53-54,60-61H,19-22,24H2,1-8H3,(H,50,58)/t29?,30?,31?,34?,35?,36?,37?,39?,46-,47?,48?/m1/s1. The molecule has 7 rings (SSSR count). The quantitative estimate of drug-likeness (QED) is 0.0564. The first-order chi connectivity index (χ1) is 32.3. The minimum Gasteiger partial charge on any atom is -0.456 e. The number of nitro groups is 1. The molecule has 1 aliphatic heterocycles. The van der Waals surface area contributed by atoms with Gasteiger partial charge in [0.05, 0.1) is 29.7 Å². The molecular weight excluding hydrogens is 905 g/mol. The Morgan fingerprint density at radius 1 is 1.00 bits per heavy atom. The molecule has 3 aliphatic carbocycles. The van der Waals surface area contributed by atoms with E-state index in [4.69, 9.17) is 28.4 Å². The molecule has 2 aromatic carbocycles. The van der Waals surface area contributed by atoms with Crippen LogP contribution in [0.4, 0.5) is 15.4 Å². The summed E-state index contributed by atoms with van der Waals surface area (Å²) < 4.78 is 36.0. The van der Waals surface area contributed by atoms with Gasteiger partial charge in [0.25, 0.3) is 0 Å². The third-order valence-corrected chi connectivity index (χ3v) is 14.2. The predicted octanol–water partition coefficient (Wildman–Crippen LogP) is 3.96. The van der Waals surface area contributed by atoms with E-state index in [9.17, 15) is 49.7 Å². The number of alkyl carbamates (subject to hydrolysis) is 1. The van der Waals surface area contributed by atoms with Gasteiger partial charge in [0, 0.05) is 31.1 Å². The van der Waals surface area contributed by atoms with Crippen LogP contribution < -0.4 is 5.32 Å². The minimum absolute atomic E-state index is 0.0151. The zero-order valence-electron chi connectivity index (χ0n) is 39.4. The molecule has 4 aliphatic rings. The molecule has 2 bridgehead atoms. The van der Waals surface area contributed by atoms with Crippen molar-refractivity contribution in [2.45, 2.75) is 134 Å². The lowest BCUT2D eigenvalue weighted by Gasteiger charge is -2.67. The zero-order valence-corrected chi connectivity index (χ0v) is 39.4. The summed E-state index contributed by atoms with van der Waals surface area (Å²) in [6.45, 7) is 11.1. The van der Waals surface area contributed by atoms with Crippen LogP contribution in [0.5, 0.6) is 0 Å². The number of rotatable bonds is 12. The summed E-state index contributed by atoms with van der Waals surface area (Å²) in [5.41, 5.74) is -9.22. The van der Waals surface area contributed by atoms with E-state index in [2.05, 4.69) is 10.3 Å². The Morgan fingerprint density at radius 2 is 1.64 bits per heavy atom. The molecule has 372 valence electrons. The van der Waals surface area contributed by atoms with E-state index in [1.54, 1.807) is 69.3 Å². The number of carbonyl (C=O) groups excluding carboxylic acids is 5. The Balaban J connectivity index is 1.29. The number of hydrogen-bond acceptors (Lipinski definition) is 18. The lowest BCUT2D eigenvalue weighted by atomic mass is 9.44. The van der Waals surface area contributed by atoms with Crippen LogP contribution in [-0.4, -0.2) is 132 Å². The van der Waals surface area contributed by atoms with Gasteiger partial charge in [-0.15, -0.1) is 0 Å². The second-order valence-electron chi connectivity index (χ2n) is 19.8. The molecule has 3 aromatic rings. The summed E-state index contributed by atoms with van der Waals surface area (Å²) in [5, 5.41) is 64.5. The Bertz CT molecular complexity index is 2520. The van der Waals surface area contributed by atoms with E-state index < -0.39 is 131 Å². The van der Waals surface area contributed by atoms with Crippen molar-refractivity contribution in [3.05, 3.63) is 105 Å². The lowest BCUT2D eigenvalue weighted by Crippen LogP contribution is -2.81. The number of aliphatic hydroxyl groups is 4. The number of aryl methyl sites for hydroxylation is 1. The van der Waals surface area contributed by atoms with Crippen LogP contribution >= 0.6 is 0 Å². The molecule has 21 nitrogen and oxygen atoms in total. The van der Waals surface area contributed by atoms with Gasteiger partial charge >= 0.3 is 30.0 Å². The van der Waals surface area contributed by atoms with Gasteiger partial charge in [0.1, 0.15) is 60.6 Å². The van der Waals surface area contributed by atoms with Gasteiger partial charge in [-0.1, -0.05) is 62.4 Å². The molecule has 1 saturated heterocycles. The van der Waals surface area contributed by atoms with Crippen molar-refractivity contribution in [1.29, 1.82) is 0 Å². The van der Waals surface area contributed by atoms with E-state index in [0.717, 1.165) is 6.20 Å². The Hall–Kier alpha value is -6.26. The van der Waals surface area contributed by atoms with Crippen LogP contribution in [0.2, 0.25) is 0 Å². The summed E-state index contributed by atoms with van der Waals surface area (Å²) in [4.78, 5) is 85.4. The Labute approximate surface area is 396 Å². The maximum Gasteiger partial charge on any atom is 0.508 e.